The molecule has 21 heavy (non-hydrogen) atoms. The summed E-state index contributed by atoms with van der Waals surface area (Å²) in [5.41, 5.74) is 1.16. The number of phenols is 1. The lowest BCUT2D eigenvalue weighted by molar-refractivity contribution is 0.289. The van der Waals surface area contributed by atoms with Crippen LogP contribution in [0.15, 0.2) is 18.2 Å². The Morgan fingerprint density at radius 3 is 2.62 bits per heavy atom. The van der Waals surface area contributed by atoms with Gasteiger partial charge in [-0.25, -0.2) is 0 Å². The van der Waals surface area contributed by atoms with Gasteiger partial charge in [0.15, 0.2) is 0 Å². The number of phenolic OH excluding ortho intramolecular Hbond substituents is 1. The Morgan fingerprint density at radius 2 is 2.00 bits per heavy atom. The summed E-state index contributed by atoms with van der Waals surface area (Å²) >= 11 is 0. The molecule has 0 aromatic heterocycles. The Balaban J connectivity index is 2.58. The molecule has 3 nitrogen and oxygen atoms in total. The van der Waals surface area contributed by atoms with Gasteiger partial charge in [-0.15, -0.1) is 0 Å². The van der Waals surface area contributed by atoms with Crippen LogP contribution in [0.5, 0.6) is 11.5 Å². The Bertz CT molecular complexity index is 429. The maximum atomic E-state index is 10.0. The predicted octanol–water partition coefficient (Wildman–Crippen LogP) is 4.66. The predicted molar refractivity (Wildman–Crippen MR) is 89.0 cm³/mol. The van der Waals surface area contributed by atoms with Crippen molar-refractivity contribution in [3.05, 3.63) is 23.8 Å². The average Bonchev–Trinajstić information content (AvgIpc) is 2.45. The summed E-state index contributed by atoms with van der Waals surface area (Å²) < 4.78 is 5.23. The van der Waals surface area contributed by atoms with Crippen LogP contribution in [-0.4, -0.2) is 18.8 Å². The normalized spacial score (nSPS) is 13.2. The molecule has 0 aliphatic heterocycles. The Labute approximate surface area is 129 Å². The summed E-state index contributed by atoms with van der Waals surface area (Å²) in [7, 11) is 1.64. The van der Waals surface area contributed by atoms with E-state index in [4.69, 9.17) is 4.74 Å². The average molecular weight is 293 g/mol. The maximum Gasteiger partial charge on any atom is 0.120 e. The summed E-state index contributed by atoms with van der Waals surface area (Å²) in [5.74, 6) is 1.10. The highest BCUT2D eigenvalue weighted by Crippen LogP contribution is 2.29. The zero-order valence-electron chi connectivity index (χ0n) is 14.2. The van der Waals surface area contributed by atoms with E-state index in [-0.39, 0.29) is 11.5 Å². The molecule has 1 aromatic rings. The molecule has 2 N–H and O–H groups in total. The molecule has 0 aliphatic carbocycles. The van der Waals surface area contributed by atoms with Crippen LogP contribution in [0.1, 0.15) is 65.0 Å². The molecule has 0 fully saturated rings. The fourth-order valence-electron chi connectivity index (χ4n) is 2.49. The van der Waals surface area contributed by atoms with Crippen LogP contribution >= 0.6 is 0 Å². The highest BCUT2D eigenvalue weighted by atomic mass is 16.5. The second kappa shape index (κ2) is 8.28. The van der Waals surface area contributed by atoms with Gasteiger partial charge in [0.25, 0.3) is 0 Å². The number of hydrogen-bond donors (Lipinski definition) is 2. The van der Waals surface area contributed by atoms with Gasteiger partial charge in [-0.3, -0.25) is 0 Å². The van der Waals surface area contributed by atoms with Crippen molar-refractivity contribution < 1.29 is 9.84 Å². The smallest absolute Gasteiger partial charge is 0.120 e. The Morgan fingerprint density at radius 1 is 1.29 bits per heavy atom. The van der Waals surface area contributed by atoms with Crippen LogP contribution in [0.3, 0.4) is 0 Å². The standard InChI is InChI=1S/C18H31NO2/c1-6-7-8-11-18(3,4)13-19-14(2)16-12-15(21-5)9-10-17(16)20/h9-10,12,14,19-20H,6-8,11,13H2,1-5H3. The number of aromatic hydroxyl groups is 1. The first kappa shape index (κ1) is 17.8. The lowest BCUT2D eigenvalue weighted by Gasteiger charge is -2.27. The van der Waals surface area contributed by atoms with E-state index >= 15 is 0 Å². The molecule has 1 unspecified atom stereocenters. The lowest BCUT2D eigenvalue weighted by Crippen LogP contribution is -2.31. The number of ether oxygens (including phenoxy) is 1. The van der Waals surface area contributed by atoms with Gasteiger partial charge in [0.1, 0.15) is 11.5 Å². The van der Waals surface area contributed by atoms with Crippen molar-refractivity contribution in [2.24, 2.45) is 5.41 Å². The highest BCUT2D eigenvalue weighted by molar-refractivity contribution is 5.41. The molecule has 0 bridgehead atoms. The molecule has 3 heteroatoms. The molecule has 0 radical (unpaired) electrons. The van der Waals surface area contributed by atoms with Crippen molar-refractivity contribution >= 4 is 0 Å². The van der Waals surface area contributed by atoms with Gasteiger partial charge in [0, 0.05) is 18.2 Å². The number of methoxy groups -OCH3 is 1. The van der Waals surface area contributed by atoms with Gasteiger partial charge in [0.05, 0.1) is 7.11 Å². The molecule has 0 spiro atoms. The van der Waals surface area contributed by atoms with Crippen molar-refractivity contribution in [1.82, 2.24) is 5.32 Å². The summed E-state index contributed by atoms with van der Waals surface area (Å²) in [5, 5.41) is 13.6. The summed E-state index contributed by atoms with van der Waals surface area (Å²) in [4.78, 5) is 0. The van der Waals surface area contributed by atoms with Gasteiger partial charge in [0.2, 0.25) is 0 Å². The summed E-state index contributed by atoms with van der Waals surface area (Å²) in [6.45, 7) is 9.85. The number of rotatable bonds is 9. The summed E-state index contributed by atoms with van der Waals surface area (Å²) in [6.07, 6.45) is 5.07. The quantitative estimate of drug-likeness (QED) is 0.651. The van der Waals surface area contributed by atoms with Crippen molar-refractivity contribution in [3.63, 3.8) is 0 Å². The molecular weight excluding hydrogens is 262 g/mol. The van der Waals surface area contributed by atoms with Gasteiger partial charge in [-0.2, -0.15) is 0 Å². The third-order valence-corrected chi connectivity index (χ3v) is 4.05. The van der Waals surface area contributed by atoms with E-state index in [1.807, 2.05) is 6.07 Å². The van der Waals surface area contributed by atoms with E-state index in [2.05, 4.69) is 33.0 Å². The molecule has 0 aliphatic rings. The van der Waals surface area contributed by atoms with Crippen molar-refractivity contribution in [3.8, 4) is 11.5 Å². The van der Waals surface area contributed by atoms with E-state index in [9.17, 15) is 5.11 Å². The fourth-order valence-corrected chi connectivity index (χ4v) is 2.49. The molecule has 0 heterocycles. The second-order valence-corrected chi connectivity index (χ2v) is 6.65. The van der Waals surface area contributed by atoms with Crippen molar-refractivity contribution in [2.75, 3.05) is 13.7 Å². The monoisotopic (exact) mass is 293 g/mol. The Kier molecular flexibility index (Phi) is 7.03. The molecule has 1 aromatic carbocycles. The van der Waals surface area contributed by atoms with Crippen LogP contribution < -0.4 is 10.1 Å². The zero-order chi connectivity index (χ0) is 15.9. The minimum atomic E-state index is 0.102. The van der Waals surface area contributed by atoms with E-state index in [1.54, 1.807) is 19.2 Å². The fraction of sp³-hybridized carbons (Fsp3) is 0.667. The highest BCUT2D eigenvalue weighted by Gasteiger charge is 2.19. The zero-order valence-corrected chi connectivity index (χ0v) is 14.2. The molecule has 1 atom stereocenters. The van der Waals surface area contributed by atoms with Gasteiger partial charge < -0.3 is 15.2 Å². The second-order valence-electron chi connectivity index (χ2n) is 6.65. The van der Waals surface area contributed by atoms with E-state index in [1.165, 1.54) is 25.7 Å². The van der Waals surface area contributed by atoms with Crippen LogP contribution in [0.2, 0.25) is 0 Å². The molecule has 120 valence electrons. The first-order valence-electron chi connectivity index (χ1n) is 8.00. The molecule has 0 saturated heterocycles. The third kappa shape index (κ3) is 5.96. The minimum absolute atomic E-state index is 0.102. The van der Waals surface area contributed by atoms with Gasteiger partial charge in [-0.1, -0.05) is 40.0 Å². The number of nitrogens with one attached hydrogen (secondary N) is 1. The largest absolute Gasteiger partial charge is 0.508 e. The Hall–Kier alpha value is -1.22. The van der Waals surface area contributed by atoms with Crippen LogP contribution in [0.25, 0.3) is 0 Å². The minimum Gasteiger partial charge on any atom is -0.508 e. The van der Waals surface area contributed by atoms with Gasteiger partial charge >= 0.3 is 0 Å². The maximum absolute atomic E-state index is 10.0. The van der Waals surface area contributed by atoms with Gasteiger partial charge in [-0.05, 0) is 37.0 Å². The first-order chi connectivity index (χ1) is 9.89. The molecule has 0 amide bonds. The number of benzene rings is 1. The number of hydrogen-bond acceptors (Lipinski definition) is 3. The first-order valence-corrected chi connectivity index (χ1v) is 8.00. The van der Waals surface area contributed by atoms with Crippen molar-refractivity contribution in [1.29, 1.82) is 0 Å². The van der Waals surface area contributed by atoms with Crippen LogP contribution in [0, 0.1) is 5.41 Å². The molecule has 1 rings (SSSR count). The lowest BCUT2D eigenvalue weighted by atomic mass is 9.86. The SMILES string of the molecule is CCCCCC(C)(C)CNC(C)c1cc(OC)ccc1O. The topological polar surface area (TPSA) is 41.5 Å². The molecular formula is C18H31NO2. The van der Waals surface area contributed by atoms with Crippen LogP contribution in [-0.2, 0) is 0 Å². The van der Waals surface area contributed by atoms with E-state index in [0.717, 1.165) is 17.9 Å². The molecule has 0 saturated carbocycles. The number of unbranched alkanes of at least 4 members (excludes halogenated alkanes) is 2. The van der Waals surface area contributed by atoms with Crippen LogP contribution in [0.4, 0.5) is 0 Å². The van der Waals surface area contributed by atoms with E-state index in [0.29, 0.717) is 5.75 Å². The van der Waals surface area contributed by atoms with Crippen molar-refractivity contribution in [2.45, 2.75) is 59.4 Å². The summed E-state index contributed by atoms with van der Waals surface area (Å²) in [6, 6.07) is 5.47. The van der Waals surface area contributed by atoms with E-state index < -0.39 is 0 Å². The third-order valence-electron chi connectivity index (χ3n) is 4.05.